The second-order valence-electron chi connectivity index (χ2n) is 6.40. The van der Waals surface area contributed by atoms with Gasteiger partial charge < -0.3 is 16.2 Å². The Kier molecular flexibility index (Phi) is 10.6. The van der Waals surface area contributed by atoms with Crippen LogP contribution in [0.25, 0.3) is 0 Å². The molecule has 1 amide bonds. The maximum Gasteiger partial charge on any atom is 0.337 e. The van der Waals surface area contributed by atoms with Gasteiger partial charge in [0.2, 0.25) is 11.4 Å². The van der Waals surface area contributed by atoms with Crippen molar-refractivity contribution in [1.82, 2.24) is 0 Å². The minimum Gasteiger partial charge on any atom is -0.459 e. The van der Waals surface area contributed by atoms with Gasteiger partial charge in [-0.1, -0.05) is 57.0 Å². The molecule has 0 aliphatic carbocycles. The van der Waals surface area contributed by atoms with Gasteiger partial charge in [0.25, 0.3) is 0 Å². The third-order valence-corrected chi connectivity index (χ3v) is 6.52. The zero-order valence-electron chi connectivity index (χ0n) is 15.7. The normalized spacial score (nSPS) is 13.5. The summed E-state index contributed by atoms with van der Waals surface area (Å²) in [5.74, 6) is -3.21. The van der Waals surface area contributed by atoms with Gasteiger partial charge in [-0.25, -0.2) is 13.2 Å². The van der Waals surface area contributed by atoms with Gasteiger partial charge in [-0.05, 0) is 18.4 Å². The zero-order chi connectivity index (χ0) is 19.8. The van der Waals surface area contributed by atoms with E-state index < -0.39 is 38.3 Å². The fraction of sp³-hybridized carbons (Fsp3) is 0.556. The number of rotatable bonds is 11. The number of esters is 1. The number of hydrogen-bond donors (Lipinski definition) is 2. The third kappa shape index (κ3) is 7.12. The van der Waals surface area contributed by atoms with Crippen molar-refractivity contribution in [2.75, 3.05) is 5.75 Å². The summed E-state index contributed by atoms with van der Waals surface area (Å²) in [6, 6.07) is 8.78. The molecular formula is C18H29ClN2O5S. The molecule has 0 saturated heterocycles. The van der Waals surface area contributed by atoms with Crippen LogP contribution in [-0.4, -0.2) is 36.8 Å². The molecule has 4 N–H and O–H groups in total. The van der Waals surface area contributed by atoms with Crippen LogP contribution >= 0.6 is 12.4 Å². The molecule has 0 aliphatic heterocycles. The van der Waals surface area contributed by atoms with E-state index in [1.54, 1.807) is 30.3 Å². The van der Waals surface area contributed by atoms with Gasteiger partial charge in [-0.15, -0.1) is 12.4 Å². The average Bonchev–Trinajstić information content (AvgIpc) is 2.59. The monoisotopic (exact) mass is 420 g/mol. The Balaban J connectivity index is 0.00000676. The number of nitrogens with two attached hydrogens (primary N) is 2. The van der Waals surface area contributed by atoms with Gasteiger partial charge in [-0.2, -0.15) is 0 Å². The van der Waals surface area contributed by atoms with E-state index in [0.29, 0.717) is 31.2 Å². The van der Waals surface area contributed by atoms with Crippen LogP contribution in [0.1, 0.15) is 45.1 Å². The Morgan fingerprint density at radius 2 is 1.63 bits per heavy atom. The van der Waals surface area contributed by atoms with Crippen molar-refractivity contribution in [2.45, 2.75) is 56.9 Å². The number of carbonyl (C=O) groups is 2. The first-order valence-electron chi connectivity index (χ1n) is 8.68. The van der Waals surface area contributed by atoms with E-state index in [-0.39, 0.29) is 19.0 Å². The molecule has 9 heteroatoms. The highest BCUT2D eigenvalue weighted by atomic mass is 35.5. The zero-order valence-corrected chi connectivity index (χ0v) is 17.4. The summed E-state index contributed by atoms with van der Waals surface area (Å²) >= 11 is 0. The first-order chi connectivity index (χ1) is 12.2. The van der Waals surface area contributed by atoms with Gasteiger partial charge in [0, 0.05) is 0 Å². The van der Waals surface area contributed by atoms with Crippen LogP contribution in [0.4, 0.5) is 0 Å². The number of amides is 1. The molecule has 7 nitrogen and oxygen atoms in total. The van der Waals surface area contributed by atoms with Crippen molar-refractivity contribution in [3.05, 3.63) is 35.9 Å². The predicted molar refractivity (Wildman–Crippen MR) is 107 cm³/mol. The fourth-order valence-corrected chi connectivity index (χ4v) is 4.99. The van der Waals surface area contributed by atoms with E-state index in [0.717, 1.165) is 0 Å². The van der Waals surface area contributed by atoms with E-state index in [9.17, 15) is 18.0 Å². The van der Waals surface area contributed by atoms with Gasteiger partial charge in [0.1, 0.15) is 6.61 Å². The minimum atomic E-state index is -3.80. The van der Waals surface area contributed by atoms with Gasteiger partial charge in [0.15, 0.2) is 9.84 Å². The van der Waals surface area contributed by atoms with Crippen LogP contribution < -0.4 is 11.5 Å². The van der Waals surface area contributed by atoms with Gasteiger partial charge >= 0.3 is 5.97 Å². The summed E-state index contributed by atoms with van der Waals surface area (Å²) in [5.41, 5.74) is 9.38. The molecule has 1 rings (SSSR count). The van der Waals surface area contributed by atoms with Crippen LogP contribution in [-0.2, 0) is 30.8 Å². The number of hydrogen-bond acceptors (Lipinski definition) is 6. The predicted octanol–water partition coefficient (Wildman–Crippen LogP) is 1.72. The molecule has 27 heavy (non-hydrogen) atoms. The van der Waals surface area contributed by atoms with Crippen LogP contribution in [0.2, 0.25) is 0 Å². The molecule has 0 heterocycles. The van der Waals surface area contributed by atoms with E-state index in [2.05, 4.69) is 0 Å². The maximum atomic E-state index is 12.7. The summed E-state index contributed by atoms with van der Waals surface area (Å²) in [5, 5.41) is -0.665. The van der Waals surface area contributed by atoms with Crippen molar-refractivity contribution < 1.29 is 22.7 Å². The Morgan fingerprint density at radius 1 is 1.11 bits per heavy atom. The summed E-state index contributed by atoms with van der Waals surface area (Å²) in [6.45, 7) is 3.62. The highest BCUT2D eigenvalue weighted by Crippen LogP contribution is 2.20. The van der Waals surface area contributed by atoms with Crippen LogP contribution in [0.3, 0.4) is 0 Å². The second kappa shape index (κ2) is 11.3. The summed E-state index contributed by atoms with van der Waals surface area (Å²) in [6.07, 6.45) is 2.20. The molecule has 0 fully saturated rings. The molecule has 0 saturated carbocycles. The molecule has 154 valence electrons. The molecule has 0 spiro atoms. The minimum absolute atomic E-state index is 0. The Bertz CT molecular complexity index is 706. The molecule has 0 radical (unpaired) electrons. The lowest BCUT2D eigenvalue weighted by Gasteiger charge is -2.26. The standard InChI is InChI=1S/C18H28N2O5S.ClH/c1-3-8-15(9-4-2)26(23,24)13-18(20,16(19)21)17(22)25-12-14-10-6-5-7-11-14;/h5-7,10-11,15H,3-4,8-9,12-13,20H2,1-2H3,(H2,19,21);1H/t18-;/m0./s1. The Hall–Kier alpha value is -1.64. The van der Waals surface area contributed by atoms with Crippen molar-refractivity contribution in [1.29, 1.82) is 0 Å². The molecule has 1 atom stereocenters. The number of halogens is 1. The highest BCUT2D eigenvalue weighted by Gasteiger charge is 2.47. The summed E-state index contributed by atoms with van der Waals surface area (Å²) in [4.78, 5) is 24.2. The first kappa shape index (κ1) is 25.4. The number of carbonyl (C=O) groups excluding carboxylic acids is 2. The summed E-state index contributed by atoms with van der Waals surface area (Å²) in [7, 11) is -3.80. The topological polar surface area (TPSA) is 130 Å². The van der Waals surface area contributed by atoms with Crippen LogP contribution in [0.15, 0.2) is 30.3 Å². The van der Waals surface area contributed by atoms with E-state index in [1.807, 2.05) is 13.8 Å². The lowest BCUT2D eigenvalue weighted by atomic mass is 10.0. The van der Waals surface area contributed by atoms with Gasteiger partial charge in [0.05, 0.1) is 11.0 Å². The smallest absolute Gasteiger partial charge is 0.337 e. The Morgan fingerprint density at radius 3 is 2.07 bits per heavy atom. The molecule has 0 aromatic heterocycles. The lowest BCUT2D eigenvalue weighted by Crippen LogP contribution is -2.63. The van der Waals surface area contributed by atoms with Gasteiger partial charge in [-0.3, -0.25) is 4.79 Å². The molecule has 1 aromatic rings. The third-order valence-electron chi connectivity index (χ3n) is 4.17. The van der Waals surface area contributed by atoms with Crippen molar-refractivity contribution in [2.24, 2.45) is 11.5 Å². The molecule has 1 aromatic carbocycles. The molecule has 0 bridgehead atoms. The second-order valence-corrected chi connectivity index (χ2v) is 8.68. The highest BCUT2D eigenvalue weighted by molar-refractivity contribution is 7.92. The number of benzene rings is 1. The van der Waals surface area contributed by atoms with Crippen LogP contribution in [0, 0.1) is 0 Å². The molecular weight excluding hydrogens is 392 g/mol. The average molecular weight is 421 g/mol. The van der Waals surface area contributed by atoms with E-state index >= 15 is 0 Å². The van der Waals surface area contributed by atoms with E-state index in [4.69, 9.17) is 16.2 Å². The Labute approximate surface area is 167 Å². The maximum absolute atomic E-state index is 12.7. The first-order valence-corrected chi connectivity index (χ1v) is 10.4. The van der Waals surface area contributed by atoms with Crippen molar-refractivity contribution in [3.8, 4) is 0 Å². The number of primary amides is 1. The fourth-order valence-electron chi connectivity index (χ4n) is 2.67. The van der Waals surface area contributed by atoms with Crippen LogP contribution in [0.5, 0.6) is 0 Å². The largest absolute Gasteiger partial charge is 0.459 e. The van der Waals surface area contributed by atoms with Crippen molar-refractivity contribution >= 4 is 34.1 Å². The van der Waals surface area contributed by atoms with Crippen molar-refractivity contribution in [3.63, 3.8) is 0 Å². The number of ether oxygens (including phenoxy) is 1. The summed E-state index contributed by atoms with van der Waals surface area (Å²) < 4.78 is 30.5. The molecule has 0 unspecified atom stereocenters. The lowest BCUT2D eigenvalue weighted by molar-refractivity contribution is -0.153. The molecule has 0 aliphatic rings. The van der Waals surface area contributed by atoms with E-state index in [1.165, 1.54) is 0 Å². The quantitative estimate of drug-likeness (QED) is 0.414. The number of sulfone groups is 1. The SMILES string of the molecule is CCCC(CCC)S(=O)(=O)C[C@](N)(C(N)=O)C(=O)OCc1ccccc1.Cl.